The van der Waals surface area contributed by atoms with E-state index in [-0.39, 0.29) is 0 Å². The van der Waals surface area contributed by atoms with Crippen LogP contribution in [0.3, 0.4) is 0 Å². The Morgan fingerprint density at radius 3 is 2.28 bits per heavy atom. The average molecular weight is 436 g/mol. The average Bonchev–Trinajstić information content (AvgIpc) is 3.32. The molecule has 2 aromatic carbocycles. The highest BCUT2D eigenvalue weighted by Gasteiger charge is 2.42. The van der Waals surface area contributed by atoms with Crippen LogP contribution in [0.1, 0.15) is 63.7 Å². The summed E-state index contributed by atoms with van der Waals surface area (Å²) in [6.07, 6.45) is 2.77. The number of esters is 1. The first-order valence-corrected chi connectivity index (χ1v) is 11.5. The molecule has 0 radical (unpaired) electrons. The number of Topliss-reactive ketones (excluding diaryl/α,β-unsaturated/α-hetero) is 1. The van der Waals surface area contributed by atoms with Crippen LogP contribution in [0.5, 0.6) is 0 Å². The van der Waals surface area contributed by atoms with Gasteiger partial charge in [-0.15, -0.1) is 0 Å². The second-order valence-corrected chi connectivity index (χ2v) is 9.08. The van der Waals surface area contributed by atoms with Gasteiger partial charge in [-0.25, -0.2) is 4.79 Å². The van der Waals surface area contributed by atoms with Crippen LogP contribution >= 0.6 is 0 Å². The summed E-state index contributed by atoms with van der Waals surface area (Å²) in [5.41, 5.74) is 1.36. The van der Waals surface area contributed by atoms with E-state index in [0.717, 1.165) is 12.0 Å². The van der Waals surface area contributed by atoms with Gasteiger partial charge in [0.25, 0.3) is 5.91 Å². The molecule has 0 unspecified atom stereocenters. The van der Waals surface area contributed by atoms with Gasteiger partial charge in [-0.3, -0.25) is 9.59 Å². The fourth-order valence-corrected chi connectivity index (χ4v) is 3.96. The van der Waals surface area contributed by atoms with Gasteiger partial charge in [0.15, 0.2) is 0 Å². The molecule has 170 valence electrons. The van der Waals surface area contributed by atoms with E-state index in [0.29, 0.717) is 32.2 Å². The third-order valence-corrected chi connectivity index (χ3v) is 6.45. The van der Waals surface area contributed by atoms with E-state index in [4.69, 9.17) is 4.74 Å². The van der Waals surface area contributed by atoms with Crippen molar-refractivity contribution in [2.45, 2.75) is 65.0 Å². The number of amides is 1. The van der Waals surface area contributed by atoms with Crippen LogP contribution in [-0.4, -0.2) is 35.1 Å². The molecule has 1 fully saturated rings. The van der Waals surface area contributed by atoms with Crippen molar-refractivity contribution < 1.29 is 19.1 Å². The number of ketones is 1. The molecule has 5 heteroatoms. The van der Waals surface area contributed by atoms with E-state index < -0.39 is 35.2 Å². The third-order valence-electron chi connectivity index (χ3n) is 6.45. The number of likely N-dealkylation sites (tertiary alicyclic amines) is 1. The predicted octanol–water partition coefficient (Wildman–Crippen LogP) is 4.90. The molecular formula is C27H33NO4. The van der Waals surface area contributed by atoms with Crippen molar-refractivity contribution in [2.75, 3.05) is 6.54 Å². The lowest BCUT2D eigenvalue weighted by molar-refractivity contribution is -0.161. The number of nitrogens with zero attached hydrogens (tertiary/aromatic N) is 1. The summed E-state index contributed by atoms with van der Waals surface area (Å²) < 4.78 is 5.97. The van der Waals surface area contributed by atoms with E-state index >= 15 is 0 Å². The topological polar surface area (TPSA) is 63.7 Å². The summed E-state index contributed by atoms with van der Waals surface area (Å²) in [5, 5.41) is 0. The summed E-state index contributed by atoms with van der Waals surface area (Å²) in [5.74, 6) is -1.44. The molecule has 2 aromatic rings. The Hall–Kier alpha value is -2.95. The van der Waals surface area contributed by atoms with Gasteiger partial charge in [0.05, 0.1) is 0 Å². The number of hydrogen-bond donors (Lipinski definition) is 0. The Labute approximate surface area is 190 Å². The van der Waals surface area contributed by atoms with Crippen molar-refractivity contribution in [3.63, 3.8) is 0 Å². The van der Waals surface area contributed by atoms with E-state index in [2.05, 4.69) is 12.1 Å². The molecule has 0 spiro atoms. The number of rotatable bonds is 9. The normalized spacial score (nSPS) is 17.1. The molecule has 3 rings (SSSR count). The van der Waals surface area contributed by atoms with Crippen molar-refractivity contribution in [3.8, 4) is 0 Å². The van der Waals surface area contributed by atoms with Gasteiger partial charge >= 0.3 is 5.97 Å². The van der Waals surface area contributed by atoms with Gasteiger partial charge in [-0.2, -0.15) is 0 Å². The predicted molar refractivity (Wildman–Crippen MR) is 124 cm³/mol. The number of carbonyl (C=O) groups excluding carboxylic acids is 3. The quantitative estimate of drug-likeness (QED) is 0.415. The highest BCUT2D eigenvalue weighted by molar-refractivity contribution is 6.38. The van der Waals surface area contributed by atoms with Crippen LogP contribution in [0.4, 0.5) is 0 Å². The van der Waals surface area contributed by atoms with Gasteiger partial charge in [-0.1, -0.05) is 81.4 Å². The third kappa shape index (κ3) is 5.64. The molecule has 5 nitrogen and oxygen atoms in total. The fraction of sp³-hybridized carbons (Fsp3) is 0.444. The molecule has 1 aliphatic heterocycles. The first-order chi connectivity index (χ1) is 15.3. The Morgan fingerprint density at radius 1 is 1.03 bits per heavy atom. The summed E-state index contributed by atoms with van der Waals surface area (Å²) in [7, 11) is 0. The number of ether oxygens (including phenoxy) is 1. The van der Waals surface area contributed by atoms with Gasteiger partial charge in [0.1, 0.15) is 12.1 Å². The molecule has 32 heavy (non-hydrogen) atoms. The van der Waals surface area contributed by atoms with Crippen LogP contribution in [-0.2, 0) is 25.5 Å². The van der Waals surface area contributed by atoms with Crippen molar-refractivity contribution in [1.29, 1.82) is 0 Å². The molecule has 0 aliphatic carbocycles. The van der Waals surface area contributed by atoms with E-state index in [9.17, 15) is 14.4 Å². The summed E-state index contributed by atoms with van der Waals surface area (Å²) >= 11 is 0. The van der Waals surface area contributed by atoms with E-state index in [1.54, 1.807) is 13.8 Å². The zero-order chi connectivity index (χ0) is 23.1. The second-order valence-electron chi connectivity index (χ2n) is 9.08. The lowest BCUT2D eigenvalue weighted by Crippen LogP contribution is -2.48. The second kappa shape index (κ2) is 10.6. The minimum absolute atomic E-state index is 0.407. The lowest BCUT2D eigenvalue weighted by atomic mass is 9.84. The smallest absolute Gasteiger partial charge is 0.329 e. The van der Waals surface area contributed by atoms with Crippen molar-refractivity contribution in [1.82, 2.24) is 4.90 Å². The lowest BCUT2D eigenvalue weighted by Gasteiger charge is -2.28. The molecule has 1 saturated heterocycles. The number of benzene rings is 2. The van der Waals surface area contributed by atoms with Gasteiger partial charge in [0, 0.05) is 12.0 Å². The van der Waals surface area contributed by atoms with Crippen LogP contribution in [0.25, 0.3) is 0 Å². The van der Waals surface area contributed by atoms with Crippen LogP contribution in [0.15, 0.2) is 60.7 Å². The molecule has 2 atom stereocenters. The Morgan fingerprint density at radius 2 is 1.66 bits per heavy atom. The molecule has 0 saturated carbocycles. The van der Waals surface area contributed by atoms with E-state index in [1.807, 2.05) is 55.5 Å². The standard InChI is InChI=1S/C27H33NO4/c1-4-27(2,3)24(29)25(30)28-19-11-16-22(28)26(31)32-23(21-14-9-6-10-15-21)18-17-20-12-7-5-8-13-20/h5-10,12-15,22-23H,4,11,16-19H2,1-3H3/t22-,23+/m0/s1. The zero-order valence-electron chi connectivity index (χ0n) is 19.3. The summed E-state index contributed by atoms with van der Waals surface area (Å²) in [4.78, 5) is 40.2. The fourth-order valence-electron chi connectivity index (χ4n) is 3.96. The van der Waals surface area contributed by atoms with E-state index in [1.165, 1.54) is 10.5 Å². The molecule has 1 amide bonds. The molecule has 0 N–H and O–H groups in total. The molecule has 0 aromatic heterocycles. The van der Waals surface area contributed by atoms with Crippen LogP contribution in [0, 0.1) is 5.41 Å². The van der Waals surface area contributed by atoms with Crippen LogP contribution in [0.2, 0.25) is 0 Å². The summed E-state index contributed by atoms with van der Waals surface area (Å²) in [6, 6.07) is 19.1. The van der Waals surface area contributed by atoms with Crippen molar-refractivity contribution in [2.24, 2.45) is 5.41 Å². The minimum atomic E-state index is -0.740. The number of hydrogen-bond acceptors (Lipinski definition) is 4. The van der Waals surface area contributed by atoms with Gasteiger partial charge in [0.2, 0.25) is 5.78 Å². The maximum absolute atomic E-state index is 13.2. The maximum Gasteiger partial charge on any atom is 0.329 e. The molecule has 0 bridgehead atoms. The molecule has 1 aliphatic rings. The Bertz CT molecular complexity index is 923. The minimum Gasteiger partial charge on any atom is -0.456 e. The van der Waals surface area contributed by atoms with Crippen molar-refractivity contribution >= 4 is 17.7 Å². The maximum atomic E-state index is 13.2. The largest absolute Gasteiger partial charge is 0.456 e. The number of aryl methyl sites for hydroxylation is 1. The summed E-state index contributed by atoms with van der Waals surface area (Å²) in [6.45, 7) is 5.83. The number of carbonyl (C=O) groups is 3. The Balaban J connectivity index is 1.73. The van der Waals surface area contributed by atoms with Gasteiger partial charge in [-0.05, 0) is 43.2 Å². The first kappa shape index (κ1) is 23.7. The zero-order valence-corrected chi connectivity index (χ0v) is 19.3. The molecule has 1 heterocycles. The van der Waals surface area contributed by atoms with Crippen molar-refractivity contribution in [3.05, 3.63) is 71.8 Å². The highest BCUT2D eigenvalue weighted by Crippen LogP contribution is 2.29. The van der Waals surface area contributed by atoms with Gasteiger partial charge < -0.3 is 9.64 Å². The molecular weight excluding hydrogens is 402 g/mol. The highest BCUT2D eigenvalue weighted by atomic mass is 16.5. The SMILES string of the molecule is CCC(C)(C)C(=O)C(=O)N1CCC[C@H]1C(=O)O[C@H](CCc1ccccc1)c1ccccc1. The van der Waals surface area contributed by atoms with Crippen LogP contribution < -0.4 is 0 Å². The first-order valence-electron chi connectivity index (χ1n) is 11.5. The monoisotopic (exact) mass is 435 g/mol. The Kier molecular flexibility index (Phi) is 7.84.